The third-order valence-electron chi connectivity index (χ3n) is 3.54. The third kappa shape index (κ3) is 6.52. The van der Waals surface area contributed by atoms with Crippen molar-refractivity contribution in [3.63, 3.8) is 0 Å². The topological polar surface area (TPSA) is 67.4 Å². The van der Waals surface area contributed by atoms with E-state index in [-0.39, 0.29) is 18.4 Å². The summed E-state index contributed by atoms with van der Waals surface area (Å²) >= 11 is 13.0. The Labute approximate surface area is 180 Å². The van der Waals surface area contributed by atoms with Crippen molar-refractivity contribution in [3.05, 3.63) is 49.9 Å². The van der Waals surface area contributed by atoms with Crippen LogP contribution in [-0.4, -0.2) is 18.4 Å². The normalized spacial score (nSPS) is 10.4. The number of nitrogens with one attached hydrogen (secondary N) is 2. The van der Waals surface area contributed by atoms with Crippen LogP contribution < -0.4 is 15.4 Å². The van der Waals surface area contributed by atoms with Gasteiger partial charge in [0.25, 0.3) is 5.91 Å². The van der Waals surface area contributed by atoms with Crippen LogP contribution in [0.1, 0.15) is 25.3 Å². The second-order valence-corrected chi connectivity index (χ2v) is 8.04. The van der Waals surface area contributed by atoms with Crippen molar-refractivity contribution in [2.24, 2.45) is 0 Å². The number of halogens is 3. The lowest BCUT2D eigenvalue weighted by Crippen LogP contribution is -2.21. The summed E-state index contributed by atoms with van der Waals surface area (Å²) in [5.41, 5.74) is 1.87. The van der Waals surface area contributed by atoms with Gasteiger partial charge < -0.3 is 15.4 Å². The summed E-state index contributed by atoms with van der Waals surface area (Å²) < 4.78 is 7.30. The van der Waals surface area contributed by atoms with E-state index in [1.807, 2.05) is 26.0 Å². The molecule has 0 spiro atoms. The average molecular weight is 519 g/mol. The Morgan fingerprint density at radius 2 is 1.85 bits per heavy atom. The van der Waals surface area contributed by atoms with Crippen molar-refractivity contribution < 1.29 is 14.3 Å². The molecule has 144 valence electrons. The summed E-state index contributed by atoms with van der Waals surface area (Å²) in [6, 6.07) is 8.67. The second-order valence-electron chi connectivity index (χ2n) is 5.86. The van der Waals surface area contributed by atoms with Crippen molar-refractivity contribution in [2.75, 3.05) is 17.2 Å². The number of carbonyl (C=O) groups is 2. The van der Waals surface area contributed by atoms with E-state index >= 15 is 0 Å². The molecule has 0 radical (unpaired) electrons. The van der Waals surface area contributed by atoms with Crippen LogP contribution in [-0.2, 0) is 9.59 Å². The fourth-order valence-electron chi connectivity index (χ4n) is 2.35. The summed E-state index contributed by atoms with van der Waals surface area (Å²) in [7, 11) is 0. The number of aryl methyl sites for hydroxylation is 1. The zero-order valence-electron chi connectivity index (χ0n) is 14.9. The lowest BCUT2D eigenvalue weighted by molar-refractivity contribution is -0.118. The molecule has 0 aliphatic rings. The van der Waals surface area contributed by atoms with Gasteiger partial charge in [-0.25, -0.2) is 0 Å². The Hall–Kier alpha value is -1.57. The molecule has 0 unspecified atom stereocenters. The minimum atomic E-state index is -0.358. The highest BCUT2D eigenvalue weighted by atomic mass is 79.9. The summed E-state index contributed by atoms with van der Waals surface area (Å²) in [6.45, 7) is 3.64. The predicted octanol–water partition coefficient (Wildman–Crippen LogP) is 5.93. The highest BCUT2D eigenvalue weighted by molar-refractivity contribution is 9.11. The van der Waals surface area contributed by atoms with Crippen LogP contribution in [0.2, 0.25) is 5.02 Å². The van der Waals surface area contributed by atoms with Gasteiger partial charge in [-0.1, -0.05) is 34.5 Å². The van der Waals surface area contributed by atoms with Gasteiger partial charge in [-0.15, -0.1) is 0 Å². The maximum absolute atomic E-state index is 12.3. The van der Waals surface area contributed by atoms with Gasteiger partial charge in [0.2, 0.25) is 5.91 Å². The molecule has 0 bridgehead atoms. The van der Waals surface area contributed by atoms with Gasteiger partial charge in [0.05, 0.1) is 15.2 Å². The lowest BCUT2D eigenvalue weighted by Gasteiger charge is -2.13. The van der Waals surface area contributed by atoms with Gasteiger partial charge in [-0.2, -0.15) is 0 Å². The predicted molar refractivity (Wildman–Crippen MR) is 116 cm³/mol. The zero-order chi connectivity index (χ0) is 20.0. The molecule has 5 nitrogen and oxygen atoms in total. The Morgan fingerprint density at radius 1 is 1.11 bits per heavy atom. The summed E-state index contributed by atoms with van der Waals surface area (Å²) in [6.07, 6.45) is 1.19. The van der Waals surface area contributed by atoms with E-state index < -0.39 is 0 Å². The monoisotopic (exact) mass is 516 g/mol. The number of hydrogen-bond acceptors (Lipinski definition) is 3. The van der Waals surface area contributed by atoms with E-state index in [4.69, 9.17) is 16.3 Å². The van der Waals surface area contributed by atoms with Crippen molar-refractivity contribution in [1.29, 1.82) is 0 Å². The highest BCUT2D eigenvalue weighted by Crippen LogP contribution is 2.32. The summed E-state index contributed by atoms with van der Waals surface area (Å²) in [4.78, 5) is 24.0. The Morgan fingerprint density at radius 3 is 2.52 bits per heavy atom. The van der Waals surface area contributed by atoms with Gasteiger partial charge in [0, 0.05) is 16.6 Å². The van der Waals surface area contributed by atoms with Crippen molar-refractivity contribution >= 4 is 66.6 Å². The van der Waals surface area contributed by atoms with Gasteiger partial charge in [-0.3, -0.25) is 9.59 Å². The second kappa shape index (κ2) is 10.1. The van der Waals surface area contributed by atoms with E-state index in [9.17, 15) is 9.59 Å². The van der Waals surface area contributed by atoms with Gasteiger partial charge in [-0.05, 0) is 65.2 Å². The summed E-state index contributed by atoms with van der Waals surface area (Å²) in [5.74, 6) is 0.152. The fourth-order valence-corrected chi connectivity index (χ4v) is 4.06. The van der Waals surface area contributed by atoms with Crippen LogP contribution in [0.3, 0.4) is 0 Å². The standard InChI is InChI=1S/C19H19Br2ClN2O3/c1-3-4-17(25)23-13-5-6-15(22)16(9-13)24-18(26)10-27-19-11(2)7-12(20)8-14(19)21/h5-9H,3-4,10H2,1-2H3,(H,23,25)(H,24,26). The molecule has 0 aromatic heterocycles. The molecule has 27 heavy (non-hydrogen) atoms. The molecule has 8 heteroatoms. The molecule has 0 atom stereocenters. The first-order valence-electron chi connectivity index (χ1n) is 8.27. The molecule has 2 N–H and O–H groups in total. The van der Waals surface area contributed by atoms with Gasteiger partial charge in [0.15, 0.2) is 6.61 Å². The van der Waals surface area contributed by atoms with E-state index in [1.165, 1.54) is 0 Å². The quantitative estimate of drug-likeness (QED) is 0.478. The molecule has 2 aromatic carbocycles. The minimum absolute atomic E-state index is 0.0870. The average Bonchev–Trinajstić information content (AvgIpc) is 2.57. The lowest BCUT2D eigenvalue weighted by atomic mass is 10.2. The Bertz CT molecular complexity index is 836. The molecule has 2 rings (SSSR count). The highest BCUT2D eigenvalue weighted by Gasteiger charge is 2.12. The number of hydrogen-bond donors (Lipinski definition) is 2. The maximum Gasteiger partial charge on any atom is 0.262 e. The molecule has 0 heterocycles. The first-order chi connectivity index (χ1) is 12.8. The first-order valence-corrected chi connectivity index (χ1v) is 10.2. The number of rotatable bonds is 7. The van der Waals surface area contributed by atoms with Crippen LogP contribution in [0.5, 0.6) is 5.75 Å². The molecule has 0 aliphatic heterocycles. The van der Waals surface area contributed by atoms with Crippen LogP contribution in [0, 0.1) is 6.92 Å². The minimum Gasteiger partial charge on any atom is -0.482 e. The van der Waals surface area contributed by atoms with Crippen LogP contribution in [0.4, 0.5) is 11.4 Å². The van der Waals surface area contributed by atoms with E-state index in [2.05, 4.69) is 42.5 Å². The fraction of sp³-hybridized carbons (Fsp3) is 0.263. The van der Waals surface area contributed by atoms with E-state index in [1.54, 1.807) is 18.2 Å². The molecule has 0 saturated heterocycles. The SMILES string of the molecule is CCCC(=O)Nc1ccc(Cl)c(NC(=O)COc2c(C)cc(Br)cc2Br)c1. The molecule has 2 amide bonds. The number of carbonyl (C=O) groups excluding carboxylic acids is 2. The van der Waals surface area contributed by atoms with Crippen molar-refractivity contribution in [1.82, 2.24) is 0 Å². The Balaban J connectivity index is 2.02. The number of benzene rings is 2. The smallest absolute Gasteiger partial charge is 0.262 e. The van der Waals surface area contributed by atoms with E-state index in [0.29, 0.717) is 28.6 Å². The van der Waals surface area contributed by atoms with Crippen molar-refractivity contribution in [3.8, 4) is 5.75 Å². The molecule has 0 fully saturated rings. The molecule has 2 aromatic rings. The number of anilines is 2. The summed E-state index contributed by atoms with van der Waals surface area (Å²) in [5, 5.41) is 5.85. The third-order valence-corrected chi connectivity index (χ3v) is 4.92. The van der Waals surface area contributed by atoms with Gasteiger partial charge >= 0.3 is 0 Å². The first kappa shape index (κ1) is 21.7. The van der Waals surface area contributed by atoms with Gasteiger partial charge in [0.1, 0.15) is 5.75 Å². The molecular weight excluding hydrogens is 499 g/mol. The zero-order valence-corrected chi connectivity index (χ0v) is 18.8. The van der Waals surface area contributed by atoms with Crippen molar-refractivity contribution in [2.45, 2.75) is 26.7 Å². The maximum atomic E-state index is 12.3. The van der Waals surface area contributed by atoms with Crippen LogP contribution in [0.15, 0.2) is 39.3 Å². The van der Waals surface area contributed by atoms with Crippen LogP contribution in [0.25, 0.3) is 0 Å². The van der Waals surface area contributed by atoms with E-state index in [0.717, 1.165) is 20.9 Å². The number of amides is 2. The molecular formula is C19H19Br2ClN2O3. The Kier molecular flexibility index (Phi) is 8.13. The molecule has 0 saturated carbocycles. The number of ether oxygens (including phenoxy) is 1. The van der Waals surface area contributed by atoms with Crippen LogP contribution >= 0.6 is 43.5 Å². The molecule has 0 aliphatic carbocycles. The largest absolute Gasteiger partial charge is 0.482 e.